The van der Waals surface area contributed by atoms with E-state index in [0.29, 0.717) is 0 Å². The number of ether oxygens (including phenoxy) is 1. The Hall–Kier alpha value is -1.60. The number of alkyl halides is 11. The van der Waals surface area contributed by atoms with Crippen molar-refractivity contribution in [2.75, 3.05) is 6.61 Å². The molecule has 0 aromatic heterocycles. The summed E-state index contributed by atoms with van der Waals surface area (Å²) in [6.45, 7) is -1.32. The van der Waals surface area contributed by atoms with Crippen LogP contribution in [0.25, 0.3) is 0 Å². The minimum Gasteiger partial charge on any atom is -0.478 e. The first-order valence-corrected chi connectivity index (χ1v) is 4.96. The summed E-state index contributed by atoms with van der Waals surface area (Å²) >= 11 is 0. The number of rotatable bonds is 7. The number of hydrogen-bond donors (Lipinski definition) is 1. The molecule has 0 heterocycles. The van der Waals surface area contributed by atoms with E-state index in [1.54, 1.807) is 0 Å². The fourth-order valence-electron chi connectivity index (χ4n) is 0.883. The second kappa shape index (κ2) is 5.79. The van der Waals surface area contributed by atoms with Gasteiger partial charge in [-0.2, -0.15) is 48.3 Å². The summed E-state index contributed by atoms with van der Waals surface area (Å²) in [6, 6.07) is 0. The van der Waals surface area contributed by atoms with E-state index in [-0.39, 0.29) is 0 Å². The summed E-state index contributed by atoms with van der Waals surface area (Å²) in [4.78, 5) is 10.1. The molecule has 0 aliphatic heterocycles. The van der Waals surface area contributed by atoms with Gasteiger partial charge in [0.15, 0.2) is 0 Å². The number of halogens is 11. The third-order valence-corrected chi connectivity index (χ3v) is 2.25. The van der Waals surface area contributed by atoms with E-state index in [0.717, 1.165) is 0 Å². The number of aliphatic carboxylic acids is 1. The van der Waals surface area contributed by atoms with E-state index in [2.05, 4.69) is 4.74 Å². The lowest BCUT2D eigenvalue weighted by atomic mass is 10.0. The van der Waals surface area contributed by atoms with Crippen molar-refractivity contribution < 1.29 is 62.9 Å². The largest absolute Gasteiger partial charge is 0.478 e. The molecule has 0 spiro atoms. The van der Waals surface area contributed by atoms with Crippen molar-refractivity contribution in [1.82, 2.24) is 0 Å². The second-order valence-corrected chi connectivity index (χ2v) is 3.94. The first-order valence-electron chi connectivity index (χ1n) is 4.96. The molecule has 14 heteroatoms. The average molecular weight is 370 g/mol. The lowest BCUT2D eigenvalue weighted by Crippen LogP contribution is -2.56. The molecule has 0 atom stereocenters. The van der Waals surface area contributed by atoms with Crippen molar-refractivity contribution >= 4 is 5.97 Å². The minimum atomic E-state index is -6.96. The minimum absolute atomic E-state index is 2.02. The fourth-order valence-corrected chi connectivity index (χ4v) is 0.883. The normalized spacial score (nSPS) is 14.7. The van der Waals surface area contributed by atoms with Gasteiger partial charge in [0.05, 0.1) is 0 Å². The smallest absolute Gasteiger partial charge is 0.462 e. The van der Waals surface area contributed by atoms with Gasteiger partial charge < -0.3 is 9.84 Å². The van der Waals surface area contributed by atoms with Crippen LogP contribution in [0, 0.1) is 0 Å². The van der Waals surface area contributed by atoms with Gasteiger partial charge in [0.2, 0.25) is 0 Å². The van der Waals surface area contributed by atoms with Gasteiger partial charge in [0, 0.05) is 0 Å². The maximum Gasteiger partial charge on any atom is 0.462 e. The molecule has 0 amide bonds. The lowest BCUT2D eigenvalue weighted by Gasteiger charge is -2.31. The van der Waals surface area contributed by atoms with E-state index < -0.39 is 48.2 Å². The van der Waals surface area contributed by atoms with E-state index in [1.807, 2.05) is 6.58 Å². The predicted octanol–water partition coefficient (Wildman–Crippen LogP) is 3.70. The molecule has 1 N–H and O–H groups in total. The van der Waals surface area contributed by atoms with Crippen LogP contribution in [0.5, 0.6) is 0 Å². The number of carboxylic acid groups (broad SMARTS) is 1. The molecule has 0 rings (SSSR count). The summed E-state index contributed by atoms with van der Waals surface area (Å²) in [5, 5.41) is 8.07. The molecule has 3 nitrogen and oxygen atoms in total. The summed E-state index contributed by atoms with van der Waals surface area (Å²) in [5.41, 5.74) is -2.52. The highest BCUT2D eigenvalue weighted by atomic mass is 19.4. The van der Waals surface area contributed by atoms with Gasteiger partial charge in [-0.25, -0.2) is 4.79 Å². The topological polar surface area (TPSA) is 46.5 Å². The highest BCUT2D eigenvalue weighted by Crippen LogP contribution is 2.48. The molecule has 0 unspecified atom stereocenters. The molecule has 136 valence electrons. The van der Waals surface area contributed by atoms with E-state index >= 15 is 0 Å². The standard InChI is InChI=1S/C9H5F11O3/c1-3(4(21)22)6(12,13)5(10,11)2-23-9(19,20)7(14,15)8(16,17)18/h1-2H2,(H,21,22). The molecule has 0 aliphatic rings. The van der Waals surface area contributed by atoms with Crippen molar-refractivity contribution in [2.24, 2.45) is 0 Å². The van der Waals surface area contributed by atoms with E-state index in [4.69, 9.17) is 5.11 Å². The molecule has 0 bridgehead atoms. The van der Waals surface area contributed by atoms with Crippen LogP contribution in [0.3, 0.4) is 0 Å². The van der Waals surface area contributed by atoms with Gasteiger partial charge in [-0.3, -0.25) is 0 Å². The third-order valence-electron chi connectivity index (χ3n) is 2.25. The Bertz CT molecular complexity index is 480. The molecular weight excluding hydrogens is 365 g/mol. The number of carbonyl (C=O) groups is 1. The van der Waals surface area contributed by atoms with Crippen molar-refractivity contribution in [3.05, 3.63) is 12.2 Å². The Morgan fingerprint density at radius 3 is 1.61 bits per heavy atom. The van der Waals surface area contributed by atoms with Crippen LogP contribution in [0.15, 0.2) is 12.2 Å². The molecule has 0 aliphatic carbocycles. The third kappa shape index (κ3) is 3.84. The maximum atomic E-state index is 13.0. The van der Waals surface area contributed by atoms with Crippen LogP contribution in [-0.2, 0) is 9.53 Å². The SMILES string of the molecule is C=C(C(=O)O)C(F)(F)C(F)(F)COC(F)(F)C(F)(F)C(F)(F)F. The summed E-state index contributed by atoms with van der Waals surface area (Å²) < 4.78 is 139. The summed E-state index contributed by atoms with van der Waals surface area (Å²) in [7, 11) is 0. The van der Waals surface area contributed by atoms with Gasteiger partial charge in [-0.15, -0.1) is 0 Å². The van der Waals surface area contributed by atoms with Crippen molar-refractivity contribution in [3.63, 3.8) is 0 Å². The number of hydrogen-bond acceptors (Lipinski definition) is 2. The molecule has 23 heavy (non-hydrogen) atoms. The molecule has 0 aromatic carbocycles. The predicted molar refractivity (Wildman–Crippen MR) is 48.6 cm³/mol. The first-order chi connectivity index (χ1) is 9.81. The van der Waals surface area contributed by atoms with Crippen LogP contribution < -0.4 is 0 Å². The molecule has 0 saturated heterocycles. The molecule has 0 fully saturated rings. The van der Waals surface area contributed by atoms with E-state index in [1.165, 1.54) is 0 Å². The van der Waals surface area contributed by atoms with Crippen LogP contribution >= 0.6 is 0 Å². The monoisotopic (exact) mass is 370 g/mol. The zero-order chi connectivity index (χ0) is 19.1. The Morgan fingerprint density at radius 1 is 0.913 bits per heavy atom. The lowest BCUT2D eigenvalue weighted by molar-refractivity contribution is -0.432. The number of carboxylic acids is 1. The molecule has 0 saturated carbocycles. The maximum absolute atomic E-state index is 13.0. The summed E-state index contributed by atoms with van der Waals surface area (Å²) in [6.07, 6.45) is -13.5. The van der Waals surface area contributed by atoms with Gasteiger partial charge in [0.1, 0.15) is 12.2 Å². The van der Waals surface area contributed by atoms with Gasteiger partial charge in [0.25, 0.3) is 0 Å². The Morgan fingerprint density at radius 2 is 1.30 bits per heavy atom. The van der Waals surface area contributed by atoms with Gasteiger partial charge in [-0.1, -0.05) is 6.58 Å². The molecule has 0 aromatic rings. The first kappa shape index (κ1) is 21.4. The zero-order valence-corrected chi connectivity index (χ0v) is 10.3. The van der Waals surface area contributed by atoms with Crippen molar-refractivity contribution in [2.45, 2.75) is 30.1 Å². The van der Waals surface area contributed by atoms with Crippen molar-refractivity contribution in [1.29, 1.82) is 0 Å². The fraction of sp³-hybridized carbons (Fsp3) is 0.667. The van der Waals surface area contributed by atoms with Crippen LogP contribution in [0.1, 0.15) is 0 Å². The Kier molecular flexibility index (Phi) is 5.39. The Balaban J connectivity index is 5.37. The van der Waals surface area contributed by atoms with Crippen LogP contribution in [0.2, 0.25) is 0 Å². The molecular formula is C9H5F11O3. The van der Waals surface area contributed by atoms with E-state index in [9.17, 15) is 53.1 Å². The summed E-state index contributed by atoms with van der Waals surface area (Å²) in [5.74, 6) is -21.3. The van der Waals surface area contributed by atoms with Crippen molar-refractivity contribution in [3.8, 4) is 0 Å². The van der Waals surface area contributed by atoms with Gasteiger partial charge >= 0.3 is 36.0 Å². The highest BCUT2D eigenvalue weighted by molar-refractivity contribution is 5.88. The second-order valence-electron chi connectivity index (χ2n) is 3.94. The van der Waals surface area contributed by atoms with Crippen LogP contribution in [0.4, 0.5) is 48.3 Å². The Labute approximate surface area is 119 Å². The van der Waals surface area contributed by atoms with Gasteiger partial charge in [-0.05, 0) is 0 Å². The quantitative estimate of drug-likeness (QED) is 0.549. The zero-order valence-electron chi connectivity index (χ0n) is 10.3. The van der Waals surface area contributed by atoms with Crippen LogP contribution in [-0.4, -0.2) is 47.7 Å². The highest BCUT2D eigenvalue weighted by Gasteiger charge is 2.75. The average Bonchev–Trinajstić information content (AvgIpc) is 2.33. The molecule has 0 radical (unpaired) electrons.